The summed E-state index contributed by atoms with van der Waals surface area (Å²) in [6.07, 6.45) is 3.68. The number of aryl methyl sites for hydroxylation is 1. The minimum atomic E-state index is -0.236. The Balaban J connectivity index is 1.33. The van der Waals surface area contributed by atoms with E-state index in [1.54, 1.807) is 0 Å². The summed E-state index contributed by atoms with van der Waals surface area (Å²) in [5.41, 5.74) is 2.99. The number of likely N-dealkylation sites (tertiary alicyclic amines) is 1. The van der Waals surface area contributed by atoms with Crippen molar-refractivity contribution in [2.75, 3.05) is 11.9 Å². The van der Waals surface area contributed by atoms with Gasteiger partial charge in [0.2, 0.25) is 17.7 Å². The SMILES string of the molecule is Cc1ccc(-c2csc(NC(=O)CCN3C(=O)C4CCCCC4C3=O)n2)cc1. The molecule has 146 valence electrons. The number of aromatic nitrogens is 1. The summed E-state index contributed by atoms with van der Waals surface area (Å²) in [5, 5.41) is 5.20. The quantitative estimate of drug-likeness (QED) is 0.782. The zero-order chi connectivity index (χ0) is 19.7. The van der Waals surface area contributed by atoms with Crippen LogP contribution in [0.1, 0.15) is 37.7 Å². The van der Waals surface area contributed by atoms with Gasteiger partial charge in [-0.2, -0.15) is 0 Å². The van der Waals surface area contributed by atoms with Crippen LogP contribution in [0, 0.1) is 18.8 Å². The third kappa shape index (κ3) is 3.71. The van der Waals surface area contributed by atoms with Crippen LogP contribution in [0.5, 0.6) is 0 Å². The number of fused-ring (bicyclic) bond motifs is 1. The summed E-state index contributed by atoms with van der Waals surface area (Å²) in [6.45, 7) is 2.17. The topological polar surface area (TPSA) is 79.4 Å². The first-order chi connectivity index (χ1) is 13.5. The van der Waals surface area contributed by atoms with Crippen LogP contribution in [0.3, 0.4) is 0 Å². The molecule has 2 atom stereocenters. The monoisotopic (exact) mass is 397 g/mol. The van der Waals surface area contributed by atoms with E-state index in [2.05, 4.69) is 10.3 Å². The maximum absolute atomic E-state index is 12.5. The Bertz CT molecular complexity index is 882. The third-order valence-electron chi connectivity index (χ3n) is 5.59. The molecule has 2 aliphatic rings. The first-order valence-electron chi connectivity index (χ1n) is 9.70. The van der Waals surface area contributed by atoms with Gasteiger partial charge in [0, 0.05) is 23.9 Å². The van der Waals surface area contributed by atoms with Crippen molar-refractivity contribution in [1.82, 2.24) is 9.88 Å². The van der Waals surface area contributed by atoms with Crippen LogP contribution in [-0.2, 0) is 14.4 Å². The molecule has 1 aliphatic heterocycles. The number of anilines is 1. The molecular formula is C21H23N3O3S. The summed E-state index contributed by atoms with van der Waals surface area (Å²) in [4.78, 5) is 43.0. The Kier molecular flexibility index (Phi) is 5.26. The Hall–Kier alpha value is -2.54. The van der Waals surface area contributed by atoms with Gasteiger partial charge in [-0.15, -0.1) is 11.3 Å². The van der Waals surface area contributed by atoms with Crippen molar-refractivity contribution < 1.29 is 14.4 Å². The number of carbonyl (C=O) groups excluding carboxylic acids is 3. The standard InChI is InChI=1S/C21H23N3O3S/c1-13-6-8-14(9-7-13)17-12-28-21(22-17)23-18(25)10-11-24-19(26)15-4-2-3-5-16(15)20(24)27/h6-9,12,15-16H,2-5,10-11H2,1H3,(H,22,23,25). The number of imide groups is 1. The zero-order valence-electron chi connectivity index (χ0n) is 15.8. The highest BCUT2D eigenvalue weighted by atomic mass is 32.1. The molecule has 7 heteroatoms. The number of amides is 3. The molecule has 3 amide bonds. The lowest BCUT2D eigenvalue weighted by atomic mass is 9.81. The maximum atomic E-state index is 12.5. The highest BCUT2D eigenvalue weighted by Crippen LogP contribution is 2.38. The van der Waals surface area contributed by atoms with Crippen molar-refractivity contribution in [3.63, 3.8) is 0 Å². The van der Waals surface area contributed by atoms with Crippen LogP contribution in [0.4, 0.5) is 5.13 Å². The molecule has 1 saturated carbocycles. The van der Waals surface area contributed by atoms with Crippen LogP contribution in [0.2, 0.25) is 0 Å². The fourth-order valence-electron chi connectivity index (χ4n) is 4.03. The van der Waals surface area contributed by atoms with Gasteiger partial charge in [0.05, 0.1) is 17.5 Å². The predicted octanol–water partition coefficient (Wildman–Crippen LogP) is 3.62. The highest BCUT2D eigenvalue weighted by molar-refractivity contribution is 7.14. The van der Waals surface area contributed by atoms with Gasteiger partial charge in [-0.25, -0.2) is 4.98 Å². The molecule has 2 heterocycles. The number of nitrogens with zero attached hydrogens (tertiary/aromatic N) is 2. The second kappa shape index (κ2) is 7.83. The molecule has 1 aromatic carbocycles. The summed E-state index contributed by atoms with van der Waals surface area (Å²) >= 11 is 1.36. The lowest BCUT2D eigenvalue weighted by molar-refractivity contribution is -0.140. The summed E-state index contributed by atoms with van der Waals surface area (Å²) in [6, 6.07) is 8.04. The highest BCUT2D eigenvalue weighted by Gasteiger charge is 2.47. The predicted molar refractivity (Wildman–Crippen MR) is 108 cm³/mol. The number of nitrogens with one attached hydrogen (secondary N) is 1. The Morgan fingerprint density at radius 2 is 1.79 bits per heavy atom. The smallest absolute Gasteiger partial charge is 0.233 e. The van der Waals surface area contributed by atoms with E-state index in [9.17, 15) is 14.4 Å². The Morgan fingerprint density at radius 3 is 2.43 bits per heavy atom. The van der Waals surface area contributed by atoms with Crippen molar-refractivity contribution in [3.8, 4) is 11.3 Å². The van der Waals surface area contributed by atoms with Crippen molar-refractivity contribution in [3.05, 3.63) is 35.2 Å². The molecule has 1 N–H and O–H groups in total. The van der Waals surface area contributed by atoms with Gasteiger partial charge in [0.1, 0.15) is 0 Å². The van der Waals surface area contributed by atoms with E-state index in [-0.39, 0.29) is 42.5 Å². The van der Waals surface area contributed by atoms with E-state index < -0.39 is 0 Å². The van der Waals surface area contributed by atoms with E-state index in [1.165, 1.54) is 21.8 Å². The molecule has 2 unspecified atom stereocenters. The summed E-state index contributed by atoms with van der Waals surface area (Å²) in [7, 11) is 0. The van der Waals surface area contributed by atoms with Crippen LogP contribution >= 0.6 is 11.3 Å². The van der Waals surface area contributed by atoms with Crippen molar-refractivity contribution >= 4 is 34.2 Å². The average Bonchev–Trinajstić information content (AvgIpc) is 3.25. The van der Waals surface area contributed by atoms with Crippen molar-refractivity contribution in [2.45, 2.75) is 39.0 Å². The second-order valence-electron chi connectivity index (χ2n) is 7.53. The molecule has 4 rings (SSSR count). The fourth-order valence-corrected chi connectivity index (χ4v) is 4.77. The van der Waals surface area contributed by atoms with E-state index in [4.69, 9.17) is 0 Å². The van der Waals surface area contributed by atoms with Crippen LogP contribution in [-0.4, -0.2) is 34.2 Å². The van der Waals surface area contributed by atoms with Gasteiger partial charge < -0.3 is 5.32 Å². The van der Waals surface area contributed by atoms with E-state index in [1.807, 2.05) is 36.6 Å². The first kappa shape index (κ1) is 18.8. The molecule has 28 heavy (non-hydrogen) atoms. The minimum absolute atomic E-state index is 0.0936. The molecule has 0 spiro atoms. The van der Waals surface area contributed by atoms with Gasteiger partial charge in [-0.1, -0.05) is 42.7 Å². The van der Waals surface area contributed by atoms with Gasteiger partial charge in [-0.05, 0) is 19.8 Å². The lowest BCUT2D eigenvalue weighted by Gasteiger charge is -2.19. The normalized spacial score (nSPS) is 21.7. The largest absolute Gasteiger partial charge is 0.302 e. The van der Waals surface area contributed by atoms with Crippen molar-refractivity contribution in [1.29, 1.82) is 0 Å². The number of benzene rings is 1. The van der Waals surface area contributed by atoms with Gasteiger partial charge in [-0.3, -0.25) is 19.3 Å². The Morgan fingerprint density at radius 1 is 1.14 bits per heavy atom. The molecule has 0 bridgehead atoms. The van der Waals surface area contributed by atoms with Crippen LogP contribution in [0.25, 0.3) is 11.3 Å². The van der Waals surface area contributed by atoms with Crippen LogP contribution in [0.15, 0.2) is 29.6 Å². The molecule has 1 aromatic heterocycles. The number of hydrogen-bond acceptors (Lipinski definition) is 5. The fraction of sp³-hybridized carbons (Fsp3) is 0.429. The van der Waals surface area contributed by atoms with Crippen LogP contribution < -0.4 is 5.32 Å². The lowest BCUT2D eigenvalue weighted by Crippen LogP contribution is -2.34. The first-order valence-corrected chi connectivity index (χ1v) is 10.6. The number of carbonyl (C=O) groups is 3. The number of hydrogen-bond donors (Lipinski definition) is 1. The molecule has 2 fully saturated rings. The molecule has 1 saturated heterocycles. The summed E-state index contributed by atoms with van der Waals surface area (Å²) in [5.74, 6) is -0.766. The molecule has 2 aromatic rings. The molecule has 6 nitrogen and oxygen atoms in total. The number of rotatable bonds is 5. The Labute approximate surface area is 168 Å². The molecule has 1 aliphatic carbocycles. The third-order valence-corrected chi connectivity index (χ3v) is 6.35. The zero-order valence-corrected chi connectivity index (χ0v) is 16.6. The van der Waals surface area contributed by atoms with Gasteiger partial charge in [0.15, 0.2) is 5.13 Å². The van der Waals surface area contributed by atoms with Gasteiger partial charge in [0.25, 0.3) is 0 Å². The second-order valence-corrected chi connectivity index (χ2v) is 8.39. The van der Waals surface area contributed by atoms with E-state index >= 15 is 0 Å². The van der Waals surface area contributed by atoms with Crippen molar-refractivity contribution in [2.24, 2.45) is 11.8 Å². The number of thiazole rings is 1. The maximum Gasteiger partial charge on any atom is 0.233 e. The van der Waals surface area contributed by atoms with E-state index in [0.29, 0.717) is 5.13 Å². The molecular weight excluding hydrogens is 374 g/mol. The molecule has 0 radical (unpaired) electrons. The van der Waals surface area contributed by atoms with Gasteiger partial charge >= 0.3 is 0 Å². The summed E-state index contributed by atoms with van der Waals surface area (Å²) < 4.78 is 0. The minimum Gasteiger partial charge on any atom is -0.302 e. The average molecular weight is 398 g/mol. The van der Waals surface area contributed by atoms with E-state index in [0.717, 1.165) is 36.9 Å².